The molecular formula is C32H23N. The van der Waals surface area contributed by atoms with Gasteiger partial charge < -0.3 is 5.73 Å². The molecule has 0 saturated heterocycles. The smallest absolute Gasteiger partial charge is 0.0745 e. The molecule has 5 aromatic rings. The van der Waals surface area contributed by atoms with E-state index in [2.05, 4.69) is 115 Å². The molecule has 2 aliphatic rings. The van der Waals surface area contributed by atoms with Crippen LogP contribution in [-0.4, -0.2) is 0 Å². The van der Waals surface area contributed by atoms with Crippen molar-refractivity contribution in [3.63, 3.8) is 0 Å². The van der Waals surface area contributed by atoms with Crippen molar-refractivity contribution in [1.82, 2.24) is 0 Å². The fourth-order valence-corrected chi connectivity index (χ4v) is 6.32. The first-order valence-electron chi connectivity index (χ1n) is 11.5. The molecular weight excluding hydrogens is 398 g/mol. The standard InChI is InChI=1S/C32H23N/c33-29-19-9-15-25-30-22(20-21-10-2-1-3-11-21)12-8-18-28(30)32(31(25)29)26-16-6-4-13-23(26)24-14-5-7-17-27(24)32/h1-19H,20,33H2. The molecule has 0 amide bonds. The Kier molecular flexibility index (Phi) is 3.75. The third kappa shape index (κ3) is 2.32. The van der Waals surface area contributed by atoms with Crippen LogP contribution in [0.4, 0.5) is 5.69 Å². The van der Waals surface area contributed by atoms with Gasteiger partial charge in [-0.1, -0.05) is 109 Å². The van der Waals surface area contributed by atoms with E-state index < -0.39 is 0 Å². The maximum absolute atomic E-state index is 6.82. The minimum absolute atomic E-state index is 0.379. The van der Waals surface area contributed by atoms with Gasteiger partial charge in [0.25, 0.3) is 0 Å². The SMILES string of the molecule is Nc1cccc2c1C1(c3ccccc3-c3ccccc31)c1cccc(Cc3ccccc3)c1-2. The number of rotatable bonds is 2. The van der Waals surface area contributed by atoms with Crippen LogP contribution in [0.2, 0.25) is 0 Å². The summed E-state index contributed by atoms with van der Waals surface area (Å²) < 4.78 is 0. The summed E-state index contributed by atoms with van der Waals surface area (Å²) in [6.45, 7) is 0. The van der Waals surface area contributed by atoms with E-state index >= 15 is 0 Å². The highest BCUT2D eigenvalue weighted by Crippen LogP contribution is 2.64. The number of fused-ring (bicyclic) bond motifs is 10. The van der Waals surface area contributed by atoms with Gasteiger partial charge in [0.15, 0.2) is 0 Å². The van der Waals surface area contributed by atoms with E-state index in [0.717, 1.165) is 12.1 Å². The third-order valence-electron chi connectivity index (χ3n) is 7.49. The summed E-state index contributed by atoms with van der Waals surface area (Å²) in [5.74, 6) is 0. The zero-order valence-corrected chi connectivity index (χ0v) is 18.3. The van der Waals surface area contributed by atoms with Crippen LogP contribution in [0.3, 0.4) is 0 Å². The Morgan fingerprint density at radius 3 is 1.82 bits per heavy atom. The van der Waals surface area contributed by atoms with Crippen molar-refractivity contribution in [1.29, 1.82) is 0 Å². The average Bonchev–Trinajstić information content (AvgIpc) is 3.33. The summed E-state index contributed by atoms with van der Waals surface area (Å²) >= 11 is 0. The van der Waals surface area contributed by atoms with Gasteiger partial charge >= 0.3 is 0 Å². The van der Waals surface area contributed by atoms with Crippen LogP contribution in [0.15, 0.2) is 115 Å². The topological polar surface area (TPSA) is 26.0 Å². The van der Waals surface area contributed by atoms with Crippen molar-refractivity contribution in [2.75, 3.05) is 5.73 Å². The molecule has 0 radical (unpaired) electrons. The van der Waals surface area contributed by atoms with Gasteiger partial charge in [-0.25, -0.2) is 0 Å². The summed E-state index contributed by atoms with van der Waals surface area (Å²) in [7, 11) is 0. The van der Waals surface area contributed by atoms with Crippen molar-refractivity contribution in [2.45, 2.75) is 11.8 Å². The van der Waals surface area contributed by atoms with Gasteiger partial charge in [0.2, 0.25) is 0 Å². The molecule has 0 fully saturated rings. The molecule has 33 heavy (non-hydrogen) atoms. The number of nitrogen functional groups attached to an aromatic ring is 1. The van der Waals surface area contributed by atoms with Gasteiger partial charge in [0.1, 0.15) is 0 Å². The number of hydrogen-bond donors (Lipinski definition) is 1. The quantitative estimate of drug-likeness (QED) is 0.293. The second-order valence-electron chi connectivity index (χ2n) is 9.11. The zero-order valence-electron chi connectivity index (χ0n) is 18.3. The minimum Gasteiger partial charge on any atom is -0.398 e. The van der Waals surface area contributed by atoms with E-state index in [-0.39, 0.29) is 5.41 Å². The fourth-order valence-electron chi connectivity index (χ4n) is 6.32. The summed E-state index contributed by atoms with van der Waals surface area (Å²) in [5, 5.41) is 0. The lowest BCUT2D eigenvalue weighted by Crippen LogP contribution is -2.27. The molecule has 2 N–H and O–H groups in total. The Labute approximate surface area is 194 Å². The predicted molar refractivity (Wildman–Crippen MR) is 136 cm³/mol. The van der Waals surface area contributed by atoms with Crippen LogP contribution >= 0.6 is 0 Å². The van der Waals surface area contributed by atoms with Crippen LogP contribution in [0.5, 0.6) is 0 Å². The van der Waals surface area contributed by atoms with Gasteiger partial charge in [-0.15, -0.1) is 0 Å². The van der Waals surface area contributed by atoms with Crippen molar-refractivity contribution >= 4 is 5.69 Å². The molecule has 0 unspecified atom stereocenters. The van der Waals surface area contributed by atoms with Crippen molar-refractivity contribution in [3.8, 4) is 22.3 Å². The summed E-state index contributed by atoms with van der Waals surface area (Å²) in [4.78, 5) is 0. The first-order valence-corrected chi connectivity index (χ1v) is 11.5. The number of benzene rings is 5. The second-order valence-corrected chi connectivity index (χ2v) is 9.11. The Hall–Kier alpha value is -4.10. The van der Waals surface area contributed by atoms with E-state index in [1.54, 1.807) is 0 Å². The second kappa shape index (κ2) is 6.70. The first-order chi connectivity index (χ1) is 16.3. The molecule has 2 aliphatic carbocycles. The fraction of sp³-hybridized carbons (Fsp3) is 0.0625. The minimum atomic E-state index is -0.379. The molecule has 0 heterocycles. The Morgan fingerprint density at radius 1 is 0.515 bits per heavy atom. The molecule has 0 aliphatic heterocycles. The molecule has 156 valence electrons. The molecule has 1 spiro atoms. The van der Waals surface area contributed by atoms with Crippen LogP contribution in [-0.2, 0) is 11.8 Å². The van der Waals surface area contributed by atoms with Crippen LogP contribution in [0.1, 0.15) is 33.4 Å². The van der Waals surface area contributed by atoms with Crippen LogP contribution in [0.25, 0.3) is 22.3 Å². The zero-order chi connectivity index (χ0) is 22.0. The van der Waals surface area contributed by atoms with Gasteiger partial charge in [-0.2, -0.15) is 0 Å². The summed E-state index contributed by atoms with van der Waals surface area (Å²) in [6.07, 6.45) is 0.900. The maximum atomic E-state index is 6.82. The molecule has 0 aromatic heterocycles. The first kappa shape index (κ1) is 18.5. The van der Waals surface area contributed by atoms with E-state index in [1.807, 2.05) is 0 Å². The highest BCUT2D eigenvalue weighted by Gasteiger charge is 2.52. The Bertz CT molecular complexity index is 1500. The van der Waals surface area contributed by atoms with E-state index in [4.69, 9.17) is 5.73 Å². The Morgan fingerprint density at radius 2 is 1.09 bits per heavy atom. The molecule has 5 aromatic carbocycles. The normalized spacial score (nSPS) is 13.9. The molecule has 1 heteroatoms. The summed E-state index contributed by atoms with van der Waals surface area (Å²) in [6, 6.07) is 41.7. The molecule has 0 bridgehead atoms. The van der Waals surface area contributed by atoms with Gasteiger partial charge in [0.05, 0.1) is 5.41 Å². The number of nitrogens with two attached hydrogens (primary N) is 1. The monoisotopic (exact) mass is 421 g/mol. The van der Waals surface area contributed by atoms with Crippen molar-refractivity contribution < 1.29 is 0 Å². The van der Waals surface area contributed by atoms with Crippen molar-refractivity contribution in [2.24, 2.45) is 0 Å². The van der Waals surface area contributed by atoms with E-state index in [0.29, 0.717) is 0 Å². The highest BCUT2D eigenvalue weighted by atomic mass is 14.6. The lowest BCUT2D eigenvalue weighted by atomic mass is 9.70. The van der Waals surface area contributed by atoms with E-state index in [1.165, 1.54) is 55.6 Å². The lowest BCUT2D eigenvalue weighted by Gasteiger charge is -2.31. The third-order valence-corrected chi connectivity index (χ3v) is 7.49. The molecule has 7 rings (SSSR count). The molecule has 1 nitrogen and oxygen atoms in total. The van der Waals surface area contributed by atoms with Crippen molar-refractivity contribution in [3.05, 3.63) is 149 Å². The molecule has 0 atom stereocenters. The van der Waals surface area contributed by atoms with Crippen LogP contribution < -0.4 is 5.73 Å². The average molecular weight is 422 g/mol. The van der Waals surface area contributed by atoms with Crippen LogP contribution in [0, 0.1) is 0 Å². The largest absolute Gasteiger partial charge is 0.398 e. The highest BCUT2D eigenvalue weighted by molar-refractivity contribution is 5.98. The van der Waals surface area contributed by atoms with Gasteiger partial charge in [-0.05, 0) is 62.6 Å². The Balaban J connectivity index is 1.62. The lowest BCUT2D eigenvalue weighted by molar-refractivity contribution is 0.795. The summed E-state index contributed by atoms with van der Waals surface area (Å²) in [5.41, 5.74) is 20.5. The van der Waals surface area contributed by atoms with E-state index in [9.17, 15) is 0 Å². The van der Waals surface area contributed by atoms with Gasteiger partial charge in [0, 0.05) is 11.3 Å². The number of anilines is 1. The number of hydrogen-bond acceptors (Lipinski definition) is 1. The van der Waals surface area contributed by atoms with Gasteiger partial charge in [-0.3, -0.25) is 0 Å². The predicted octanol–water partition coefficient (Wildman–Crippen LogP) is 7.20. The maximum Gasteiger partial charge on any atom is 0.0745 e. The molecule has 0 saturated carbocycles.